The van der Waals surface area contributed by atoms with E-state index < -0.39 is 6.10 Å². The number of aliphatic hydroxyl groups is 1. The molecule has 1 saturated carbocycles. The molecule has 0 amide bonds. The molecule has 4 nitrogen and oxygen atoms in total. The highest BCUT2D eigenvalue weighted by atomic mass is 16.5. The van der Waals surface area contributed by atoms with Crippen molar-refractivity contribution in [2.24, 2.45) is 5.92 Å². The van der Waals surface area contributed by atoms with Gasteiger partial charge in [-0.3, -0.25) is 4.79 Å². The van der Waals surface area contributed by atoms with Gasteiger partial charge in [-0.05, 0) is 26.2 Å². The average Bonchev–Trinajstić information content (AvgIpc) is 2.62. The molecule has 0 aromatic heterocycles. The predicted molar refractivity (Wildman–Crippen MR) is 60.3 cm³/mol. The molecule has 0 radical (unpaired) electrons. The molecule has 1 fully saturated rings. The van der Waals surface area contributed by atoms with Crippen LogP contribution < -0.4 is 0 Å². The Labute approximate surface area is 96.9 Å². The van der Waals surface area contributed by atoms with Gasteiger partial charge in [-0.1, -0.05) is 0 Å². The van der Waals surface area contributed by atoms with Crippen LogP contribution in [0.15, 0.2) is 0 Å². The highest BCUT2D eigenvalue weighted by molar-refractivity contribution is 5.82. The smallest absolute Gasteiger partial charge is 0.136 e. The number of ketones is 1. The third-order valence-corrected chi connectivity index (χ3v) is 2.96. The summed E-state index contributed by atoms with van der Waals surface area (Å²) >= 11 is 0. The number of aliphatic hydroxyl groups excluding tert-OH is 1. The lowest BCUT2D eigenvalue weighted by Crippen LogP contribution is -2.25. The normalized spacial score (nSPS) is 24.7. The summed E-state index contributed by atoms with van der Waals surface area (Å²) in [7, 11) is 1.62. The van der Waals surface area contributed by atoms with Crippen molar-refractivity contribution in [2.75, 3.05) is 20.3 Å². The number of hydrogen-bond acceptors (Lipinski definition) is 4. The number of rotatable bonds is 7. The first-order valence-electron chi connectivity index (χ1n) is 5.94. The van der Waals surface area contributed by atoms with E-state index >= 15 is 0 Å². The molecule has 1 aliphatic rings. The van der Waals surface area contributed by atoms with E-state index in [1.165, 1.54) is 0 Å². The summed E-state index contributed by atoms with van der Waals surface area (Å²) in [5, 5.41) is 9.73. The van der Waals surface area contributed by atoms with Crippen LogP contribution in [0.1, 0.15) is 32.6 Å². The van der Waals surface area contributed by atoms with Crippen molar-refractivity contribution >= 4 is 5.78 Å². The largest absolute Gasteiger partial charge is 0.391 e. The van der Waals surface area contributed by atoms with Crippen LogP contribution >= 0.6 is 0 Å². The molecular weight excluding hydrogens is 208 g/mol. The number of carbonyl (C=O) groups is 1. The van der Waals surface area contributed by atoms with Crippen LogP contribution in [0.25, 0.3) is 0 Å². The van der Waals surface area contributed by atoms with Gasteiger partial charge in [-0.15, -0.1) is 0 Å². The van der Waals surface area contributed by atoms with E-state index in [0.29, 0.717) is 25.2 Å². The van der Waals surface area contributed by atoms with Gasteiger partial charge in [0.1, 0.15) is 5.78 Å². The fourth-order valence-electron chi connectivity index (χ4n) is 2.09. The lowest BCUT2D eigenvalue weighted by atomic mass is 9.99. The van der Waals surface area contributed by atoms with Crippen LogP contribution in [0.5, 0.6) is 0 Å². The first-order valence-corrected chi connectivity index (χ1v) is 5.94. The Morgan fingerprint density at radius 2 is 2.25 bits per heavy atom. The summed E-state index contributed by atoms with van der Waals surface area (Å²) in [4.78, 5) is 11.4. The van der Waals surface area contributed by atoms with E-state index in [9.17, 15) is 9.90 Å². The van der Waals surface area contributed by atoms with E-state index in [4.69, 9.17) is 9.47 Å². The van der Waals surface area contributed by atoms with Crippen molar-refractivity contribution in [2.45, 2.75) is 44.8 Å². The number of hydrogen-bond donors (Lipinski definition) is 1. The zero-order chi connectivity index (χ0) is 12.0. The quantitative estimate of drug-likeness (QED) is 0.713. The van der Waals surface area contributed by atoms with Crippen molar-refractivity contribution < 1.29 is 19.4 Å². The number of carbonyl (C=O) groups excluding carboxylic acids is 1. The molecule has 0 heterocycles. The van der Waals surface area contributed by atoms with Gasteiger partial charge in [0.15, 0.2) is 0 Å². The van der Waals surface area contributed by atoms with Gasteiger partial charge in [-0.2, -0.15) is 0 Å². The Balaban J connectivity index is 2.15. The Morgan fingerprint density at radius 3 is 2.81 bits per heavy atom. The third kappa shape index (κ3) is 4.60. The molecule has 0 aliphatic heterocycles. The molecule has 1 aliphatic carbocycles. The Bertz CT molecular complexity index is 217. The lowest BCUT2D eigenvalue weighted by Gasteiger charge is -2.17. The summed E-state index contributed by atoms with van der Waals surface area (Å²) in [5.41, 5.74) is 0. The second-order valence-corrected chi connectivity index (χ2v) is 4.54. The number of methoxy groups -OCH3 is 1. The van der Waals surface area contributed by atoms with Gasteiger partial charge in [0, 0.05) is 19.4 Å². The maximum absolute atomic E-state index is 11.4. The van der Waals surface area contributed by atoms with Crippen LogP contribution in [0.2, 0.25) is 0 Å². The minimum absolute atomic E-state index is 0.0149. The fourth-order valence-corrected chi connectivity index (χ4v) is 2.09. The summed E-state index contributed by atoms with van der Waals surface area (Å²) in [6.45, 7) is 2.71. The van der Waals surface area contributed by atoms with Crippen LogP contribution in [-0.2, 0) is 14.3 Å². The van der Waals surface area contributed by atoms with Crippen LogP contribution in [0.4, 0.5) is 0 Å². The van der Waals surface area contributed by atoms with Gasteiger partial charge in [0.2, 0.25) is 0 Å². The molecule has 3 unspecified atom stereocenters. The molecular formula is C12H22O4. The second-order valence-electron chi connectivity index (χ2n) is 4.54. The predicted octanol–water partition coefficient (Wildman–Crippen LogP) is 1.16. The zero-order valence-corrected chi connectivity index (χ0v) is 10.1. The summed E-state index contributed by atoms with van der Waals surface area (Å²) in [6, 6.07) is 0. The van der Waals surface area contributed by atoms with Gasteiger partial charge in [0.25, 0.3) is 0 Å². The zero-order valence-electron chi connectivity index (χ0n) is 10.1. The molecule has 1 N–H and O–H groups in total. The topological polar surface area (TPSA) is 55.8 Å². The van der Waals surface area contributed by atoms with Crippen LogP contribution in [-0.4, -0.2) is 43.4 Å². The Morgan fingerprint density at radius 1 is 1.50 bits per heavy atom. The standard InChI is InChI=1S/C12H22O4/c1-9(7-15-2)16-8-11(13)6-10-4-3-5-12(10)14/h9-11,13H,3-8H2,1-2H3. The summed E-state index contributed by atoms with van der Waals surface area (Å²) in [5.74, 6) is 0.348. The highest BCUT2D eigenvalue weighted by Crippen LogP contribution is 2.25. The third-order valence-electron chi connectivity index (χ3n) is 2.96. The minimum Gasteiger partial charge on any atom is -0.391 e. The molecule has 16 heavy (non-hydrogen) atoms. The SMILES string of the molecule is COCC(C)OCC(O)CC1CCCC1=O. The fraction of sp³-hybridized carbons (Fsp3) is 0.917. The van der Waals surface area contributed by atoms with E-state index in [2.05, 4.69) is 0 Å². The van der Waals surface area contributed by atoms with Gasteiger partial charge in [0.05, 0.1) is 25.4 Å². The van der Waals surface area contributed by atoms with Crippen LogP contribution in [0.3, 0.4) is 0 Å². The molecule has 4 heteroatoms. The summed E-state index contributed by atoms with van der Waals surface area (Å²) in [6.07, 6.45) is 2.56. The Kier molecular flexibility index (Phi) is 5.95. The van der Waals surface area contributed by atoms with Gasteiger partial charge < -0.3 is 14.6 Å². The van der Waals surface area contributed by atoms with E-state index in [1.807, 2.05) is 6.92 Å². The van der Waals surface area contributed by atoms with Crippen molar-refractivity contribution in [3.63, 3.8) is 0 Å². The minimum atomic E-state index is -0.536. The van der Waals surface area contributed by atoms with Gasteiger partial charge >= 0.3 is 0 Å². The second kappa shape index (κ2) is 6.99. The molecule has 1 rings (SSSR count). The average molecular weight is 230 g/mol. The maximum Gasteiger partial charge on any atom is 0.136 e. The first-order chi connectivity index (χ1) is 7.63. The first kappa shape index (κ1) is 13.6. The molecule has 94 valence electrons. The molecule has 0 aromatic carbocycles. The molecule has 0 bridgehead atoms. The monoisotopic (exact) mass is 230 g/mol. The van der Waals surface area contributed by atoms with E-state index in [-0.39, 0.29) is 18.6 Å². The lowest BCUT2D eigenvalue weighted by molar-refractivity contribution is -0.122. The van der Waals surface area contributed by atoms with E-state index in [0.717, 1.165) is 12.8 Å². The van der Waals surface area contributed by atoms with Crippen LogP contribution in [0, 0.1) is 5.92 Å². The molecule has 0 saturated heterocycles. The van der Waals surface area contributed by atoms with E-state index in [1.54, 1.807) is 7.11 Å². The molecule has 0 aromatic rings. The highest BCUT2D eigenvalue weighted by Gasteiger charge is 2.26. The Hall–Kier alpha value is -0.450. The van der Waals surface area contributed by atoms with Gasteiger partial charge in [-0.25, -0.2) is 0 Å². The number of Topliss-reactive ketones (excluding diaryl/α,β-unsaturated/α-hetero) is 1. The van der Waals surface area contributed by atoms with Crippen molar-refractivity contribution in [3.05, 3.63) is 0 Å². The maximum atomic E-state index is 11.4. The summed E-state index contributed by atoms with van der Waals surface area (Å²) < 4.78 is 10.3. The molecule has 0 spiro atoms. The molecule has 3 atom stereocenters. The van der Waals surface area contributed by atoms with Crippen molar-refractivity contribution in [1.82, 2.24) is 0 Å². The van der Waals surface area contributed by atoms with Crippen molar-refractivity contribution in [3.8, 4) is 0 Å². The number of ether oxygens (including phenoxy) is 2. The van der Waals surface area contributed by atoms with Crippen molar-refractivity contribution in [1.29, 1.82) is 0 Å².